The molecule has 0 spiro atoms. The molecule has 3 rings (SSSR count). The summed E-state index contributed by atoms with van der Waals surface area (Å²) in [5, 5.41) is 9.90. The van der Waals surface area contributed by atoms with Crippen LogP contribution in [-0.2, 0) is 19.3 Å². The molecule has 2 aromatic rings. The predicted molar refractivity (Wildman–Crippen MR) is 56.9 cm³/mol. The first-order valence-corrected chi connectivity index (χ1v) is 5.38. The molecule has 1 aliphatic rings. The van der Waals surface area contributed by atoms with Gasteiger partial charge in [-0.25, -0.2) is 0 Å². The lowest BCUT2D eigenvalue weighted by Gasteiger charge is -2.12. The van der Waals surface area contributed by atoms with Crippen LogP contribution in [0, 0.1) is 0 Å². The van der Waals surface area contributed by atoms with Crippen molar-refractivity contribution in [3.63, 3.8) is 0 Å². The van der Waals surface area contributed by atoms with Crippen molar-refractivity contribution in [2.45, 2.75) is 19.3 Å². The first-order valence-electron chi connectivity index (χ1n) is 5.38. The van der Waals surface area contributed by atoms with E-state index in [1.54, 1.807) is 24.3 Å². The molecule has 0 saturated heterocycles. The van der Waals surface area contributed by atoms with Gasteiger partial charge >= 0.3 is 6.18 Å². The van der Waals surface area contributed by atoms with Gasteiger partial charge in [-0.2, -0.15) is 13.2 Å². The van der Waals surface area contributed by atoms with Crippen LogP contribution in [0.1, 0.15) is 17.2 Å². The van der Waals surface area contributed by atoms with Crippen LogP contribution in [0.25, 0.3) is 5.69 Å². The molecular weight excluding hydrogens is 245 g/mol. The molecule has 1 aliphatic heterocycles. The number of hydrogen-bond acceptors (Lipinski definition) is 3. The number of fused-ring (bicyclic) bond motifs is 3. The van der Waals surface area contributed by atoms with Crippen molar-refractivity contribution in [1.29, 1.82) is 0 Å². The summed E-state index contributed by atoms with van der Waals surface area (Å²) in [5.74, 6) is -0.707. The highest BCUT2D eigenvalue weighted by molar-refractivity contribution is 5.44. The fourth-order valence-electron chi connectivity index (χ4n) is 2.06. The highest BCUT2D eigenvalue weighted by atomic mass is 19.4. The van der Waals surface area contributed by atoms with Crippen LogP contribution in [0.15, 0.2) is 24.3 Å². The van der Waals surface area contributed by atoms with Crippen LogP contribution in [0.2, 0.25) is 0 Å². The Balaban J connectivity index is 2.28. The molecule has 2 heterocycles. The van der Waals surface area contributed by atoms with E-state index < -0.39 is 12.0 Å². The molecule has 0 aliphatic carbocycles. The summed E-state index contributed by atoms with van der Waals surface area (Å²) in [6.45, 7) is 0.772. The second kappa shape index (κ2) is 3.81. The Hall–Kier alpha value is -1.89. The minimum atomic E-state index is -4.51. The van der Waals surface area contributed by atoms with Crippen molar-refractivity contribution in [1.82, 2.24) is 20.1 Å². The molecule has 94 valence electrons. The highest BCUT2D eigenvalue weighted by Crippen LogP contribution is 2.32. The van der Waals surface area contributed by atoms with Crippen LogP contribution < -0.4 is 5.32 Å². The second-order valence-corrected chi connectivity index (χ2v) is 4.01. The van der Waals surface area contributed by atoms with Gasteiger partial charge in [-0.15, -0.1) is 10.2 Å². The van der Waals surface area contributed by atoms with Crippen LogP contribution >= 0.6 is 0 Å². The van der Waals surface area contributed by atoms with Crippen molar-refractivity contribution in [2.24, 2.45) is 0 Å². The van der Waals surface area contributed by atoms with Gasteiger partial charge in [0.25, 0.3) is 0 Å². The van der Waals surface area contributed by atoms with Crippen LogP contribution in [0.4, 0.5) is 13.2 Å². The van der Waals surface area contributed by atoms with Gasteiger partial charge in [0.2, 0.25) is 5.82 Å². The van der Waals surface area contributed by atoms with E-state index in [4.69, 9.17) is 0 Å². The molecule has 18 heavy (non-hydrogen) atoms. The van der Waals surface area contributed by atoms with E-state index in [0.717, 1.165) is 10.1 Å². The molecule has 1 N–H and O–H groups in total. The lowest BCUT2D eigenvalue weighted by atomic mass is 10.2. The molecule has 1 aromatic heterocycles. The normalized spacial score (nSPS) is 14.8. The molecule has 0 bridgehead atoms. The summed E-state index contributed by atoms with van der Waals surface area (Å²) in [4.78, 5) is 0. The van der Waals surface area contributed by atoms with E-state index in [-0.39, 0.29) is 12.4 Å². The standard InChI is InChI=1S/C11H9F3N4/c12-11(13,14)10-17-16-9-6-15-5-7-3-1-2-4-8(7)18(9)10/h1-4,15H,5-6H2. The van der Waals surface area contributed by atoms with E-state index in [1.165, 1.54) is 0 Å². The molecule has 0 radical (unpaired) electrons. The Labute approximate surface area is 100 Å². The first kappa shape index (κ1) is 11.2. The minimum absolute atomic E-state index is 0.262. The summed E-state index contributed by atoms with van der Waals surface area (Å²) in [6.07, 6.45) is -4.51. The molecule has 0 unspecified atom stereocenters. The quantitative estimate of drug-likeness (QED) is 0.780. The Kier molecular flexibility index (Phi) is 2.37. The largest absolute Gasteiger partial charge is 0.452 e. The van der Waals surface area contributed by atoms with Gasteiger partial charge in [-0.1, -0.05) is 18.2 Å². The summed E-state index contributed by atoms with van der Waals surface area (Å²) < 4.78 is 39.8. The highest BCUT2D eigenvalue weighted by Gasteiger charge is 2.39. The Morgan fingerprint density at radius 1 is 1.11 bits per heavy atom. The van der Waals surface area contributed by atoms with Crippen molar-refractivity contribution < 1.29 is 13.2 Å². The zero-order valence-corrected chi connectivity index (χ0v) is 9.20. The maximum atomic E-state index is 12.9. The fraction of sp³-hybridized carbons (Fsp3) is 0.273. The Bertz CT molecular complexity index is 588. The van der Waals surface area contributed by atoms with Gasteiger partial charge < -0.3 is 5.32 Å². The molecular formula is C11H9F3N4. The SMILES string of the molecule is FC(F)(F)c1nnc2n1-c1ccccc1CNC2. The minimum Gasteiger partial charge on any atom is -0.306 e. The van der Waals surface area contributed by atoms with E-state index >= 15 is 0 Å². The van der Waals surface area contributed by atoms with Gasteiger partial charge in [-0.3, -0.25) is 4.57 Å². The molecule has 0 atom stereocenters. The third-order valence-corrected chi connectivity index (χ3v) is 2.81. The monoisotopic (exact) mass is 254 g/mol. The second-order valence-electron chi connectivity index (χ2n) is 4.01. The molecule has 4 nitrogen and oxygen atoms in total. The number of benzene rings is 1. The number of para-hydroxylation sites is 1. The number of alkyl halides is 3. The third kappa shape index (κ3) is 1.67. The Morgan fingerprint density at radius 3 is 2.67 bits per heavy atom. The topological polar surface area (TPSA) is 42.7 Å². The van der Waals surface area contributed by atoms with Crippen LogP contribution in [0.3, 0.4) is 0 Å². The molecule has 0 saturated carbocycles. The number of rotatable bonds is 0. The first-order chi connectivity index (χ1) is 8.57. The van der Waals surface area contributed by atoms with Gasteiger partial charge in [0.15, 0.2) is 5.82 Å². The summed E-state index contributed by atoms with van der Waals surface area (Å²) in [6, 6.07) is 6.93. The summed E-state index contributed by atoms with van der Waals surface area (Å²) in [5.41, 5.74) is 1.27. The third-order valence-electron chi connectivity index (χ3n) is 2.81. The maximum absolute atomic E-state index is 12.9. The fourth-order valence-corrected chi connectivity index (χ4v) is 2.06. The number of hydrogen-bond donors (Lipinski definition) is 1. The number of nitrogens with one attached hydrogen (secondary N) is 1. The number of aromatic nitrogens is 3. The van der Waals surface area contributed by atoms with Gasteiger partial charge in [0, 0.05) is 6.54 Å². The van der Waals surface area contributed by atoms with Gasteiger partial charge in [0.05, 0.1) is 12.2 Å². The van der Waals surface area contributed by atoms with E-state index in [1.807, 2.05) is 0 Å². The van der Waals surface area contributed by atoms with E-state index in [9.17, 15) is 13.2 Å². The number of nitrogens with zero attached hydrogens (tertiary/aromatic N) is 3. The van der Waals surface area contributed by atoms with Crippen LogP contribution in [0.5, 0.6) is 0 Å². The number of halogens is 3. The van der Waals surface area contributed by atoms with E-state index in [0.29, 0.717) is 12.2 Å². The van der Waals surface area contributed by atoms with Crippen molar-refractivity contribution >= 4 is 0 Å². The van der Waals surface area contributed by atoms with Gasteiger partial charge in [-0.05, 0) is 11.6 Å². The molecule has 0 fully saturated rings. The average Bonchev–Trinajstić information content (AvgIpc) is 2.66. The smallest absolute Gasteiger partial charge is 0.306 e. The predicted octanol–water partition coefficient (Wildman–Crippen LogP) is 1.89. The molecule has 7 heteroatoms. The zero-order chi connectivity index (χ0) is 12.8. The van der Waals surface area contributed by atoms with Crippen LogP contribution in [-0.4, -0.2) is 14.8 Å². The van der Waals surface area contributed by atoms with Crippen molar-refractivity contribution in [2.75, 3.05) is 0 Å². The van der Waals surface area contributed by atoms with Crippen molar-refractivity contribution in [3.8, 4) is 5.69 Å². The molecule has 0 amide bonds. The van der Waals surface area contributed by atoms with Gasteiger partial charge in [0.1, 0.15) is 0 Å². The lowest BCUT2D eigenvalue weighted by Crippen LogP contribution is -2.15. The average molecular weight is 254 g/mol. The summed E-state index contributed by atoms with van der Waals surface area (Å²) >= 11 is 0. The van der Waals surface area contributed by atoms with E-state index in [2.05, 4.69) is 15.5 Å². The summed E-state index contributed by atoms with van der Waals surface area (Å²) in [7, 11) is 0. The zero-order valence-electron chi connectivity index (χ0n) is 9.20. The van der Waals surface area contributed by atoms with Crippen molar-refractivity contribution in [3.05, 3.63) is 41.5 Å². The Morgan fingerprint density at radius 2 is 1.89 bits per heavy atom. The maximum Gasteiger partial charge on any atom is 0.452 e. The lowest BCUT2D eigenvalue weighted by molar-refractivity contribution is -0.146. The molecule has 1 aromatic carbocycles.